The van der Waals surface area contributed by atoms with Crippen molar-refractivity contribution in [2.45, 2.75) is 0 Å². The third-order valence-electron chi connectivity index (χ3n) is 5.00. The molecule has 0 aliphatic carbocycles. The second-order valence-corrected chi connectivity index (χ2v) is 7.74. The van der Waals surface area contributed by atoms with Crippen molar-refractivity contribution in [2.75, 3.05) is 0 Å². The van der Waals surface area contributed by atoms with E-state index in [1.54, 1.807) is 42.1 Å². The molecule has 0 fully saturated rings. The van der Waals surface area contributed by atoms with Crippen molar-refractivity contribution in [3.05, 3.63) is 72.3 Å². The van der Waals surface area contributed by atoms with Crippen LogP contribution in [-0.2, 0) is 0 Å². The summed E-state index contributed by atoms with van der Waals surface area (Å²) in [5, 5.41) is 9.58. The fourth-order valence-electron chi connectivity index (χ4n) is 3.63. The van der Waals surface area contributed by atoms with Crippen LogP contribution in [0.2, 0.25) is 0 Å². The number of thiophene rings is 1. The Hall–Kier alpha value is -3.91. The van der Waals surface area contributed by atoms with Crippen LogP contribution < -0.4 is 0 Å². The Morgan fingerprint density at radius 1 is 0.933 bits per heavy atom. The number of aromatic nitrogens is 6. The van der Waals surface area contributed by atoms with Crippen molar-refractivity contribution in [1.82, 2.24) is 30.1 Å². The number of rotatable bonds is 3. The van der Waals surface area contributed by atoms with E-state index in [4.69, 9.17) is 4.98 Å². The minimum atomic E-state index is -0.455. The predicted octanol–water partition coefficient (Wildman–Crippen LogP) is 5.43. The fourth-order valence-corrected chi connectivity index (χ4v) is 4.38. The number of nitrogens with zero attached hydrogens (tertiary/aromatic N) is 4. The molecule has 0 aliphatic rings. The maximum atomic E-state index is 15.5. The van der Waals surface area contributed by atoms with E-state index in [9.17, 15) is 0 Å². The number of pyridine rings is 2. The lowest BCUT2D eigenvalue weighted by molar-refractivity contribution is 0.638. The second kappa shape index (κ2) is 6.57. The molecule has 0 amide bonds. The first-order valence-electron chi connectivity index (χ1n) is 9.25. The summed E-state index contributed by atoms with van der Waals surface area (Å²) in [4.78, 5) is 17.5. The van der Waals surface area contributed by atoms with Crippen LogP contribution in [0.3, 0.4) is 0 Å². The summed E-state index contributed by atoms with van der Waals surface area (Å²) in [5.74, 6) is 0.0469. The van der Waals surface area contributed by atoms with Gasteiger partial charge in [0, 0.05) is 28.4 Å². The van der Waals surface area contributed by atoms with Crippen LogP contribution in [-0.4, -0.2) is 30.1 Å². The predicted molar refractivity (Wildman–Crippen MR) is 115 cm³/mol. The Kier molecular flexibility index (Phi) is 3.72. The lowest BCUT2D eigenvalue weighted by Gasteiger charge is -2.03. The molecular formula is C22H13FN6S. The minimum Gasteiger partial charge on any atom is -0.337 e. The normalized spacial score (nSPS) is 11.5. The van der Waals surface area contributed by atoms with Gasteiger partial charge in [-0.3, -0.25) is 15.1 Å². The lowest BCUT2D eigenvalue weighted by atomic mass is 10.1. The molecule has 0 saturated carbocycles. The molecular weight excluding hydrogens is 399 g/mol. The van der Waals surface area contributed by atoms with Gasteiger partial charge in [0.2, 0.25) is 0 Å². The highest BCUT2D eigenvalue weighted by Gasteiger charge is 2.21. The van der Waals surface area contributed by atoms with Crippen molar-refractivity contribution < 1.29 is 4.39 Å². The molecule has 5 heterocycles. The van der Waals surface area contributed by atoms with Crippen LogP contribution in [0, 0.1) is 5.82 Å². The highest BCUT2D eigenvalue weighted by atomic mass is 32.1. The number of nitrogens with one attached hydrogen (secondary N) is 2. The first-order valence-corrected chi connectivity index (χ1v) is 10.1. The Bertz CT molecular complexity index is 1500. The molecule has 2 N–H and O–H groups in total. The maximum Gasteiger partial charge on any atom is 0.161 e. The molecule has 0 unspecified atom stereocenters. The highest BCUT2D eigenvalue weighted by Crippen LogP contribution is 2.35. The number of aromatic amines is 2. The number of hydrogen-bond acceptors (Lipinski definition) is 5. The van der Waals surface area contributed by atoms with E-state index in [1.165, 1.54) is 0 Å². The van der Waals surface area contributed by atoms with Gasteiger partial charge in [-0.15, -0.1) is 11.3 Å². The van der Waals surface area contributed by atoms with E-state index in [1.807, 2.05) is 29.6 Å². The highest BCUT2D eigenvalue weighted by molar-refractivity contribution is 7.13. The first kappa shape index (κ1) is 17.0. The molecule has 1 aromatic carbocycles. The van der Waals surface area contributed by atoms with E-state index in [0.29, 0.717) is 28.0 Å². The van der Waals surface area contributed by atoms with Crippen LogP contribution in [0.5, 0.6) is 0 Å². The SMILES string of the molecule is Fc1c(-c2cccnc2)ncc2[nH]nc(-c3nc4c(-c5cccs5)cccc4[nH]3)c12. The molecule has 30 heavy (non-hydrogen) atoms. The Morgan fingerprint density at radius 2 is 1.90 bits per heavy atom. The van der Waals surface area contributed by atoms with Crippen molar-refractivity contribution in [1.29, 1.82) is 0 Å². The quantitative estimate of drug-likeness (QED) is 0.406. The van der Waals surface area contributed by atoms with Crippen molar-refractivity contribution >= 4 is 33.3 Å². The summed E-state index contributed by atoms with van der Waals surface area (Å²) in [6, 6.07) is 13.6. The summed E-state index contributed by atoms with van der Waals surface area (Å²) in [5.41, 5.74) is 4.49. The molecule has 6 aromatic rings. The average molecular weight is 412 g/mol. The van der Waals surface area contributed by atoms with Gasteiger partial charge in [0.1, 0.15) is 11.4 Å². The van der Waals surface area contributed by atoms with Crippen LogP contribution in [0.1, 0.15) is 0 Å². The molecule has 0 radical (unpaired) electrons. The van der Waals surface area contributed by atoms with E-state index >= 15 is 4.39 Å². The van der Waals surface area contributed by atoms with Crippen LogP contribution in [0.4, 0.5) is 4.39 Å². The third kappa shape index (κ3) is 2.54. The van der Waals surface area contributed by atoms with Crippen molar-refractivity contribution in [3.8, 4) is 33.2 Å². The van der Waals surface area contributed by atoms with E-state index in [-0.39, 0.29) is 5.69 Å². The second-order valence-electron chi connectivity index (χ2n) is 6.79. The summed E-state index contributed by atoms with van der Waals surface area (Å²) in [6.07, 6.45) is 4.81. The molecule has 8 heteroatoms. The van der Waals surface area contributed by atoms with Crippen LogP contribution >= 0.6 is 11.3 Å². The van der Waals surface area contributed by atoms with Gasteiger partial charge < -0.3 is 4.98 Å². The van der Waals surface area contributed by atoms with Gasteiger partial charge in [-0.25, -0.2) is 9.37 Å². The maximum absolute atomic E-state index is 15.5. The van der Waals surface area contributed by atoms with Gasteiger partial charge in [-0.1, -0.05) is 18.2 Å². The number of halogens is 1. The van der Waals surface area contributed by atoms with Crippen LogP contribution in [0.25, 0.3) is 55.2 Å². The Labute approximate surface area is 173 Å². The molecule has 0 aliphatic heterocycles. The number of imidazole rings is 1. The average Bonchev–Trinajstić information content (AvgIpc) is 3.53. The minimum absolute atomic E-state index is 0.230. The van der Waals surface area contributed by atoms with Gasteiger partial charge in [0.25, 0.3) is 0 Å². The number of para-hydroxylation sites is 1. The number of fused-ring (bicyclic) bond motifs is 2. The summed E-state index contributed by atoms with van der Waals surface area (Å²) < 4.78 is 15.5. The monoisotopic (exact) mass is 412 g/mol. The van der Waals surface area contributed by atoms with Gasteiger partial charge in [0.05, 0.1) is 28.1 Å². The molecule has 0 atom stereocenters. The smallest absolute Gasteiger partial charge is 0.161 e. The lowest BCUT2D eigenvalue weighted by Crippen LogP contribution is -1.92. The molecule has 5 aromatic heterocycles. The van der Waals surface area contributed by atoms with Crippen LogP contribution in [0.15, 0.2) is 66.4 Å². The standard InChI is InChI=1S/C22H13FN6S/c23-18-17-15(11-25-19(18)12-4-2-8-24-10-12)28-29-21(17)22-26-14-6-1-5-13(20(14)27-22)16-7-3-9-30-16/h1-11H,(H,26,27)(H,28,29). The first-order chi connectivity index (χ1) is 14.8. The number of H-pyrrole nitrogens is 2. The number of benzene rings is 1. The fraction of sp³-hybridized carbons (Fsp3) is 0. The molecule has 6 rings (SSSR count). The molecule has 0 saturated heterocycles. The zero-order valence-corrected chi connectivity index (χ0v) is 16.2. The Morgan fingerprint density at radius 3 is 2.73 bits per heavy atom. The van der Waals surface area contributed by atoms with E-state index in [0.717, 1.165) is 21.5 Å². The Balaban J connectivity index is 1.57. The zero-order chi connectivity index (χ0) is 20.1. The van der Waals surface area contributed by atoms with Gasteiger partial charge in [0.15, 0.2) is 11.6 Å². The third-order valence-corrected chi connectivity index (χ3v) is 5.91. The zero-order valence-electron chi connectivity index (χ0n) is 15.4. The summed E-state index contributed by atoms with van der Waals surface area (Å²) in [7, 11) is 0. The number of hydrogen-bond donors (Lipinski definition) is 2. The molecule has 0 bridgehead atoms. The largest absolute Gasteiger partial charge is 0.337 e. The van der Waals surface area contributed by atoms with E-state index < -0.39 is 5.82 Å². The topological polar surface area (TPSA) is 83.1 Å². The van der Waals surface area contributed by atoms with Gasteiger partial charge >= 0.3 is 0 Å². The summed E-state index contributed by atoms with van der Waals surface area (Å²) >= 11 is 1.65. The molecule has 144 valence electrons. The molecule has 6 nitrogen and oxygen atoms in total. The molecule has 0 spiro atoms. The van der Waals surface area contributed by atoms with E-state index in [2.05, 4.69) is 31.2 Å². The summed E-state index contributed by atoms with van der Waals surface area (Å²) in [6.45, 7) is 0. The van der Waals surface area contributed by atoms with Crippen molar-refractivity contribution in [3.63, 3.8) is 0 Å². The van der Waals surface area contributed by atoms with Gasteiger partial charge in [-0.05, 0) is 29.6 Å². The van der Waals surface area contributed by atoms with Crippen molar-refractivity contribution in [2.24, 2.45) is 0 Å². The van der Waals surface area contributed by atoms with Gasteiger partial charge in [-0.2, -0.15) is 5.10 Å².